The molecule has 0 saturated heterocycles. The number of carbonyl (C=O) groups is 2. The van der Waals surface area contributed by atoms with Crippen LogP contribution in [0.3, 0.4) is 0 Å². The summed E-state index contributed by atoms with van der Waals surface area (Å²) in [6, 6.07) is 9.40. The smallest absolute Gasteiger partial charge is 0.389 e. The largest absolute Gasteiger partial charge is 0.462 e. The van der Waals surface area contributed by atoms with Crippen LogP contribution in [0.1, 0.15) is 167 Å². The van der Waals surface area contributed by atoms with Gasteiger partial charge in [-0.1, -0.05) is 133 Å². The maximum Gasteiger partial charge on any atom is 0.389 e. The second-order valence-electron chi connectivity index (χ2n) is 14.1. The van der Waals surface area contributed by atoms with E-state index in [1.165, 1.54) is 0 Å². The Kier molecular flexibility index (Phi) is 21.8. The van der Waals surface area contributed by atoms with Crippen LogP contribution in [0.4, 0.5) is 26.3 Å². The van der Waals surface area contributed by atoms with Crippen molar-refractivity contribution in [2.45, 2.75) is 173 Å². The van der Waals surface area contributed by atoms with Crippen LogP contribution in [-0.4, -0.2) is 37.5 Å². The first-order valence-electron chi connectivity index (χ1n) is 19.5. The van der Waals surface area contributed by atoms with Crippen molar-refractivity contribution in [3.8, 4) is 0 Å². The van der Waals surface area contributed by atoms with E-state index < -0.39 is 43.1 Å². The van der Waals surface area contributed by atoms with Gasteiger partial charge in [0, 0.05) is 24.2 Å². The first kappa shape index (κ1) is 45.2. The molecule has 0 aliphatic carbocycles. The Morgan fingerprint density at radius 1 is 0.519 bits per heavy atom. The Morgan fingerprint density at radius 3 is 1.15 bits per heavy atom. The maximum atomic E-state index is 13.5. The van der Waals surface area contributed by atoms with Gasteiger partial charge >= 0.3 is 24.3 Å². The van der Waals surface area contributed by atoms with Crippen LogP contribution in [0.15, 0.2) is 52.9 Å². The van der Waals surface area contributed by atoms with Crippen molar-refractivity contribution in [1.29, 1.82) is 0 Å². The minimum absolute atomic E-state index is 0.206. The van der Waals surface area contributed by atoms with Gasteiger partial charge in [-0.15, -0.1) is 0 Å². The summed E-state index contributed by atoms with van der Waals surface area (Å²) in [7, 11) is 0. The molecule has 0 bridgehead atoms. The van der Waals surface area contributed by atoms with Crippen LogP contribution in [0, 0.1) is 0 Å². The zero-order valence-corrected chi connectivity index (χ0v) is 31.3. The van der Waals surface area contributed by atoms with Gasteiger partial charge in [0.05, 0.1) is 30.3 Å². The highest BCUT2D eigenvalue weighted by Crippen LogP contribution is 2.39. The van der Waals surface area contributed by atoms with Gasteiger partial charge in [0.25, 0.3) is 0 Å². The van der Waals surface area contributed by atoms with Gasteiger partial charge in [-0.2, -0.15) is 26.3 Å². The van der Waals surface area contributed by atoms with Gasteiger partial charge in [-0.25, -0.2) is 9.59 Å². The Morgan fingerprint density at radius 2 is 0.827 bits per heavy atom. The molecule has 0 atom stereocenters. The number of rotatable bonds is 27. The molecule has 1 N–H and O–H groups in total. The number of hydrogen-bond donors (Lipinski definition) is 1. The first-order valence-corrected chi connectivity index (χ1v) is 19.5. The van der Waals surface area contributed by atoms with E-state index in [1.807, 2.05) is 44.2 Å². The topological polar surface area (TPSA) is 64.6 Å². The fraction of sp³-hybridized carbons (Fsp3) is 0.707. The molecule has 52 heavy (non-hydrogen) atoms. The van der Waals surface area contributed by atoms with Crippen LogP contribution in [-0.2, 0) is 19.1 Å². The van der Waals surface area contributed by atoms with E-state index >= 15 is 0 Å². The molecule has 0 amide bonds. The molecule has 1 aliphatic heterocycles. The summed E-state index contributed by atoms with van der Waals surface area (Å²) in [5, 5.41) is 3.20. The fourth-order valence-corrected chi connectivity index (χ4v) is 6.68. The van der Waals surface area contributed by atoms with Crippen LogP contribution in [0.2, 0.25) is 0 Å². The van der Waals surface area contributed by atoms with Crippen LogP contribution >= 0.6 is 0 Å². The van der Waals surface area contributed by atoms with Crippen molar-refractivity contribution < 1.29 is 45.4 Å². The Hall–Kier alpha value is -2.98. The number of unbranched alkanes of at least 4 members (excludes halogenated alkanes) is 18. The number of alkyl halides is 6. The number of esters is 2. The highest BCUT2D eigenvalue weighted by Gasteiger charge is 2.38. The van der Waals surface area contributed by atoms with Crippen LogP contribution in [0.25, 0.3) is 0 Å². The van der Waals surface area contributed by atoms with Gasteiger partial charge < -0.3 is 14.8 Å². The molecular weight excluding hydrogens is 684 g/mol. The summed E-state index contributed by atoms with van der Waals surface area (Å²) < 4.78 is 84.8. The monoisotopic (exact) mass is 745 g/mol. The standard InChI is InChI=1S/C41H61F6NO4/c1-32-35(38(49)51-30-24-17-13-9-5-3-7-11-15-22-28-40(42,43)44)37(34-26-20-19-21-27-34)36(33(2)48-32)39(50)52-31-25-18-14-10-6-4-8-12-16-23-29-41(45,46)47/h19-21,26-27,37,48H,3-18,22-25,28-31H2,1-2H3. The second-order valence-corrected chi connectivity index (χ2v) is 14.1. The molecule has 0 radical (unpaired) electrons. The van der Waals surface area contributed by atoms with Gasteiger partial charge in [-0.3, -0.25) is 0 Å². The Bertz CT molecular complexity index is 1150. The first-order chi connectivity index (χ1) is 24.8. The second kappa shape index (κ2) is 25.1. The molecule has 1 aliphatic rings. The van der Waals surface area contributed by atoms with E-state index in [2.05, 4.69) is 5.32 Å². The number of dihydropyridines is 1. The molecule has 1 aromatic rings. The number of allylic oxidation sites excluding steroid dienone is 2. The Balaban J connectivity index is 1.73. The Labute approximate surface area is 307 Å². The lowest BCUT2D eigenvalue weighted by molar-refractivity contribution is -0.140. The third-order valence-electron chi connectivity index (χ3n) is 9.51. The quantitative estimate of drug-likeness (QED) is 0.0552. The number of benzene rings is 1. The van der Waals surface area contributed by atoms with E-state index in [9.17, 15) is 35.9 Å². The number of carbonyl (C=O) groups excluding carboxylic acids is 2. The van der Waals surface area contributed by atoms with Crippen molar-refractivity contribution in [2.75, 3.05) is 13.2 Å². The number of nitrogens with one attached hydrogen (secondary N) is 1. The summed E-state index contributed by atoms with van der Waals surface area (Å²) >= 11 is 0. The molecular formula is C41H61F6NO4. The number of hydrogen-bond acceptors (Lipinski definition) is 5. The van der Waals surface area contributed by atoms with Crippen molar-refractivity contribution in [1.82, 2.24) is 5.32 Å². The van der Waals surface area contributed by atoms with Crippen molar-refractivity contribution in [3.05, 3.63) is 58.4 Å². The summed E-state index contributed by atoms with van der Waals surface area (Å²) in [5.74, 6) is -1.57. The lowest BCUT2D eigenvalue weighted by Gasteiger charge is -2.30. The van der Waals surface area contributed by atoms with Gasteiger partial charge in [0.1, 0.15) is 0 Å². The predicted molar refractivity (Wildman–Crippen MR) is 193 cm³/mol. The van der Waals surface area contributed by atoms with Crippen LogP contribution in [0.5, 0.6) is 0 Å². The normalized spacial score (nSPS) is 14.2. The molecule has 5 nitrogen and oxygen atoms in total. The van der Waals surface area contributed by atoms with Crippen molar-refractivity contribution in [2.24, 2.45) is 0 Å². The minimum atomic E-state index is -4.06. The molecule has 0 saturated carbocycles. The molecule has 296 valence electrons. The molecule has 11 heteroatoms. The molecule has 2 rings (SSSR count). The fourth-order valence-electron chi connectivity index (χ4n) is 6.68. The molecule has 0 aromatic heterocycles. The number of halogens is 6. The highest BCUT2D eigenvalue weighted by molar-refractivity contribution is 5.99. The molecule has 1 heterocycles. The molecule has 1 aromatic carbocycles. The molecule has 0 unspecified atom stereocenters. The zero-order valence-electron chi connectivity index (χ0n) is 31.3. The van der Waals surface area contributed by atoms with E-state index in [0.717, 1.165) is 95.5 Å². The van der Waals surface area contributed by atoms with Crippen molar-refractivity contribution >= 4 is 11.9 Å². The zero-order chi connectivity index (χ0) is 38.2. The summed E-state index contributed by atoms with van der Waals surface area (Å²) in [6.45, 7) is 4.15. The minimum Gasteiger partial charge on any atom is -0.462 e. The summed E-state index contributed by atoms with van der Waals surface area (Å²) in [6.07, 6.45) is 7.14. The van der Waals surface area contributed by atoms with E-state index in [1.54, 1.807) is 0 Å². The predicted octanol–water partition coefficient (Wildman–Crippen LogP) is 12.7. The SMILES string of the molecule is CC1=C(C(=O)OCCCCCCCCCCCCC(F)(F)F)C(c2ccccc2)C(C(=O)OCCCCCCCCCCCCC(F)(F)F)=C(C)N1. The highest BCUT2D eigenvalue weighted by atomic mass is 19.4. The number of ether oxygens (including phenoxy) is 2. The van der Waals surface area contributed by atoms with Gasteiger partial charge in [0.2, 0.25) is 0 Å². The van der Waals surface area contributed by atoms with E-state index in [0.29, 0.717) is 48.2 Å². The summed E-state index contributed by atoms with van der Waals surface area (Å²) in [4.78, 5) is 27.0. The maximum absolute atomic E-state index is 13.5. The summed E-state index contributed by atoms with van der Waals surface area (Å²) in [5.41, 5.74) is 2.83. The van der Waals surface area contributed by atoms with E-state index in [4.69, 9.17) is 9.47 Å². The average Bonchev–Trinajstić information content (AvgIpc) is 3.07. The van der Waals surface area contributed by atoms with E-state index in [-0.39, 0.29) is 26.1 Å². The lowest BCUT2D eigenvalue weighted by Crippen LogP contribution is -2.32. The third kappa shape index (κ3) is 19.7. The van der Waals surface area contributed by atoms with Gasteiger partial charge in [-0.05, 0) is 45.1 Å². The third-order valence-corrected chi connectivity index (χ3v) is 9.51. The molecule has 0 spiro atoms. The average molecular weight is 746 g/mol. The van der Waals surface area contributed by atoms with Crippen molar-refractivity contribution in [3.63, 3.8) is 0 Å². The molecule has 0 fully saturated rings. The lowest BCUT2D eigenvalue weighted by atomic mass is 9.80. The van der Waals surface area contributed by atoms with Gasteiger partial charge in [0.15, 0.2) is 0 Å². The van der Waals surface area contributed by atoms with Crippen LogP contribution < -0.4 is 5.32 Å².